The normalized spacial score (nSPS) is 32.3. The van der Waals surface area contributed by atoms with E-state index in [0.29, 0.717) is 6.04 Å². The van der Waals surface area contributed by atoms with Crippen LogP contribution in [0.3, 0.4) is 0 Å². The van der Waals surface area contributed by atoms with Gasteiger partial charge in [0.15, 0.2) is 0 Å². The van der Waals surface area contributed by atoms with Crippen LogP contribution >= 0.6 is 0 Å². The molecule has 2 aliphatic heterocycles. The van der Waals surface area contributed by atoms with E-state index in [9.17, 15) is 4.79 Å². The fraction of sp³-hybridized carbons (Fsp3) is 0.929. The van der Waals surface area contributed by atoms with Crippen LogP contribution in [0.15, 0.2) is 0 Å². The molecule has 0 spiro atoms. The lowest BCUT2D eigenvalue weighted by Crippen LogP contribution is -2.60. The minimum Gasteiger partial charge on any atom is -0.376 e. The standard InChI is InChI=1S/C14H27N3O2/c1-3-7-19-12-5-4-6-17(10-12)14(18)13-9-15-11(2)8-16-13/h11-13,15-16H,3-10H2,1-2H3. The molecule has 110 valence electrons. The highest BCUT2D eigenvalue weighted by molar-refractivity contribution is 5.82. The Labute approximate surface area is 116 Å². The summed E-state index contributed by atoms with van der Waals surface area (Å²) in [5.41, 5.74) is 0. The molecule has 0 radical (unpaired) electrons. The zero-order valence-electron chi connectivity index (χ0n) is 12.2. The van der Waals surface area contributed by atoms with Gasteiger partial charge in [-0.2, -0.15) is 0 Å². The molecule has 0 bridgehead atoms. The number of piperazine rings is 1. The van der Waals surface area contributed by atoms with Crippen LogP contribution in [0, 0.1) is 0 Å². The number of carbonyl (C=O) groups excluding carboxylic acids is 1. The first-order valence-corrected chi connectivity index (χ1v) is 7.58. The fourth-order valence-corrected chi connectivity index (χ4v) is 2.74. The summed E-state index contributed by atoms with van der Waals surface area (Å²) in [4.78, 5) is 14.4. The Hall–Kier alpha value is -0.650. The summed E-state index contributed by atoms with van der Waals surface area (Å²) in [6, 6.07) is 0.382. The first kappa shape index (κ1) is 14.8. The second-order valence-electron chi connectivity index (χ2n) is 5.69. The van der Waals surface area contributed by atoms with Crippen LogP contribution in [0.4, 0.5) is 0 Å². The lowest BCUT2D eigenvalue weighted by molar-refractivity contribution is -0.138. The van der Waals surface area contributed by atoms with Crippen molar-refractivity contribution in [2.75, 3.05) is 32.8 Å². The maximum absolute atomic E-state index is 12.4. The summed E-state index contributed by atoms with van der Waals surface area (Å²) >= 11 is 0. The van der Waals surface area contributed by atoms with Gasteiger partial charge < -0.3 is 20.3 Å². The van der Waals surface area contributed by atoms with Crippen LogP contribution in [0.1, 0.15) is 33.1 Å². The van der Waals surface area contributed by atoms with Crippen molar-refractivity contribution < 1.29 is 9.53 Å². The van der Waals surface area contributed by atoms with Gasteiger partial charge in [0.1, 0.15) is 0 Å². The molecule has 2 rings (SSSR count). The van der Waals surface area contributed by atoms with Gasteiger partial charge in [-0.3, -0.25) is 4.79 Å². The lowest BCUT2D eigenvalue weighted by atomic mass is 10.1. The maximum atomic E-state index is 12.4. The molecule has 0 aliphatic carbocycles. The van der Waals surface area contributed by atoms with Gasteiger partial charge >= 0.3 is 0 Å². The summed E-state index contributed by atoms with van der Waals surface area (Å²) < 4.78 is 5.79. The minimum atomic E-state index is -0.0684. The van der Waals surface area contributed by atoms with Gasteiger partial charge in [-0.25, -0.2) is 0 Å². The van der Waals surface area contributed by atoms with E-state index < -0.39 is 0 Å². The largest absolute Gasteiger partial charge is 0.376 e. The quantitative estimate of drug-likeness (QED) is 0.773. The zero-order chi connectivity index (χ0) is 13.7. The lowest BCUT2D eigenvalue weighted by Gasteiger charge is -2.37. The Morgan fingerprint density at radius 3 is 2.89 bits per heavy atom. The number of piperidine rings is 1. The Morgan fingerprint density at radius 1 is 1.37 bits per heavy atom. The second kappa shape index (κ2) is 7.22. The van der Waals surface area contributed by atoms with E-state index in [2.05, 4.69) is 24.5 Å². The zero-order valence-corrected chi connectivity index (χ0v) is 12.2. The van der Waals surface area contributed by atoms with E-state index in [-0.39, 0.29) is 18.1 Å². The van der Waals surface area contributed by atoms with Crippen LogP contribution in [-0.2, 0) is 9.53 Å². The van der Waals surface area contributed by atoms with Crippen molar-refractivity contribution in [1.82, 2.24) is 15.5 Å². The molecule has 3 unspecified atom stereocenters. The van der Waals surface area contributed by atoms with Crippen LogP contribution in [0.5, 0.6) is 0 Å². The van der Waals surface area contributed by atoms with E-state index in [4.69, 9.17) is 4.74 Å². The highest BCUT2D eigenvalue weighted by Crippen LogP contribution is 2.15. The van der Waals surface area contributed by atoms with Gasteiger partial charge in [-0.05, 0) is 26.2 Å². The van der Waals surface area contributed by atoms with Gasteiger partial charge in [0.25, 0.3) is 0 Å². The number of likely N-dealkylation sites (tertiary alicyclic amines) is 1. The van der Waals surface area contributed by atoms with Gasteiger partial charge in [0.2, 0.25) is 5.91 Å². The van der Waals surface area contributed by atoms with Crippen molar-refractivity contribution in [3.8, 4) is 0 Å². The number of nitrogens with one attached hydrogen (secondary N) is 2. The van der Waals surface area contributed by atoms with Gasteiger partial charge in [0, 0.05) is 38.8 Å². The summed E-state index contributed by atoms with van der Waals surface area (Å²) in [7, 11) is 0. The molecule has 0 aromatic heterocycles. The molecule has 2 fully saturated rings. The van der Waals surface area contributed by atoms with Crippen molar-refractivity contribution in [2.24, 2.45) is 0 Å². The highest BCUT2D eigenvalue weighted by Gasteiger charge is 2.30. The molecule has 2 saturated heterocycles. The average molecular weight is 269 g/mol. The Balaban J connectivity index is 1.81. The smallest absolute Gasteiger partial charge is 0.241 e. The molecule has 0 aromatic carbocycles. The number of hydrogen-bond acceptors (Lipinski definition) is 4. The van der Waals surface area contributed by atoms with Crippen molar-refractivity contribution >= 4 is 5.91 Å². The first-order valence-electron chi connectivity index (χ1n) is 7.58. The Kier molecular flexibility index (Phi) is 5.60. The summed E-state index contributed by atoms with van der Waals surface area (Å²) in [6.45, 7) is 8.27. The second-order valence-corrected chi connectivity index (χ2v) is 5.69. The molecule has 19 heavy (non-hydrogen) atoms. The third-order valence-corrected chi connectivity index (χ3v) is 3.89. The molecule has 5 heteroatoms. The number of ether oxygens (including phenoxy) is 1. The van der Waals surface area contributed by atoms with E-state index in [1.165, 1.54) is 0 Å². The van der Waals surface area contributed by atoms with E-state index >= 15 is 0 Å². The van der Waals surface area contributed by atoms with E-state index in [0.717, 1.165) is 52.0 Å². The highest BCUT2D eigenvalue weighted by atomic mass is 16.5. The van der Waals surface area contributed by atoms with Gasteiger partial charge in [-0.15, -0.1) is 0 Å². The van der Waals surface area contributed by atoms with Crippen molar-refractivity contribution in [1.29, 1.82) is 0 Å². The summed E-state index contributed by atoms with van der Waals surface area (Å²) in [5, 5.41) is 6.69. The minimum absolute atomic E-state index is 0.0684. The van der Waals surface area contributed by atoms with Crippen molar-refractivity contribution in [2.45, 2.75) is 51.3 Å². The van der Waals surface area contributed by atoms with Crippen LogP contribution in [-0.4, -0.2) is 61.8 Å². The molecule has 0 saturated carbocycles. The fourth-order valence-electron chi connectivity index (χ4n) is 2.74. The van der Waals surface area contributed by atoms with Gasteiger partial charge in [-0.1, -0.05) is 6.92 Å². The van der Waals surface area contributed by atoms with E-state index in [1.807, 2.05) is 4.90 Å². The number of carbonyl (C=O) groups is 1. The first-order chi connectivity index (χ1) is 9.20. The molecule has 2 N–H and O–H groups in total. The summed E-state index contributed by atoms with van der Waals surface area (Å²) in [5.74, 6) is 0.226. The third-order valence-electron chi connectivity index (χ3n) is 3.89. The maximum Gasteiger partial charge on any atom is 0.241 e. The predicted octanol–water partition coefficient (Wildman–Crippen LogP) is 0.354. The van der Waals surface area contributed by atoms with Crippen LogP contribution in [0.25, 0.3) is 0 Å². The number of rotatable bonds is 4. The Morgan fingerprint density at radius 2 is 2.21 bits per heavy atom. The number of nitrogens with zero attached hydrogens (tertiary/aromatic N) is 1. The van der Waals surface area contributed by atoms with Crippen LogP contribution < -0.4 is 10.6 Å². The molecular weight excluding hydrogens is 242 g/mol. The molecule has 2 heterocycles. The molecule has 0 aromatic rings. The van der Waals surface area contributed by atoms with E-state index in [1.54, 1.807) is 0 Å². The number of amides is 1. The molecule has 1 amide bonds. The monoisotopic (exact) mass is 269 g/mol. The topological polar surface area (TPSA) is 53.6 Å². The Bertz CT molecular complexity index is 290. The predicted molar refractivity (Wildman–Crippen MR) is 75.1 cm³/mol. The third kappa shape index (κ3) is 4.16. The molecule has 5 nitrogen and oxygen atoms in total. The van der Waals surface area contributed by atoms with Crippen molar-refractivity contribution in [3.05, 3.63) is 0 Å². The molecule has 3 atom stereocenters. The van der Waals surface area contributed by atoms with Crippen LogP contribution in [0.2, 0.25) is 0 Å². The van der Waals surface area contributed by atoms with Gasteiger partial charge in [0.05, 0.1) is 12.1 Å². The van der Waals surface area contributed by atoms with Crippen molar-refractivity contribution in [3.63, 3.8) is 0 Å². The molecular formula is C14H27N3O2. The number of hydrogen-bond donors (Lipinski definition) is 2. The summed E-state index contributed by atoms with van der Waals surface area (Å²) in [6.07, 6.45) is 3.40. The average Bonchev–Trinajstić information content (AvgIpc) is 2.45. The SMILES string of the molecule is CCCOC1CCCN(C(=O)C2CNC(C)CN2)C1. The molecule has 2 aliphatic rings.